The van der Waals surface area contributed by atoms with Gasteiger partial charge >= 0.3 is 5.97 Å². The molecule has 0 aromatic heterocycles. The van der Waals surface area contributed by atoms with E-state index in [0.29, 0.717) is 6.42 Å². The molecule has 0 bridgehead atoms. The molecular formula is C9H16O4. The van der Waals surface area contributed by atoms with Gasteiger partial charge in [-0.2, -0.15) is 0 Å². The summed E-state index contributed by atoms with van der Waals surface area (Å²) >= 11 is 0. The first-order valence-electron chi connectivity index (χ1n) is 4.37. The molecule has 0 unspecified atom stereocenters. The summed E-state index contributed by atoms with van der Waals surface area (Å²) in [6, 6.07) is 0. The Bertz CT molecular complexity index is 192. The maximum atomic E-state index is 11.5. The Morgan fingerprint density at radius 3 is 2.54 bits per heavy atom. The van der Waals surface area contributed by atoms with Gasteiger partial charge in [0, 0.05) is 14.2 Å². The summed E-state index contributed by atoms with van der Waals surface area (Å²) in [4.78, 5) is 11.5. The number of carbonyl (C=O) groups excluding carboxylic acids is 1. The lowest BCUT2D eigenvalue weighted by molar-refractivity contribution is -0.179. The van der Waals surface area contributed by atoms with E-state index in [-0.39, 0.29) is 12.1 Å². The minimum absolute atomic E-state index is 0.176. The Labute approximate surface area is 78.2 Å². The summed E-state index contributed by atoms with van der Waals surface area (Å²) < 4.78 is 15.2. The molecule has 0 aromatic rings. The smallest absolute Gasteiger partial charge is 0.340 e. The van der Waals surface area contributed by atoms with E-state index in [4.69, 9.17) is 14.2 Å². The van der Waals surface area contributed by atoms with Crippen LogP contribution in [0.25, 0.3) is 0 Å². The molecular weight excluding hydrogens is 172 g/mol. The number of rotatable bonds is 3. The second-order valence-electron chi connectivity index (χ2n) is 3.20. The van der Waals surface area contributed by atoms with Gasteiger partial charge in [-0.15, -0.1) is 0 Å². The first-order chi connectivity index (χ1) is 6.21. The van der Waals surface area contributed by atoms with Gasteiger partial charge in [0.05, 0.1) is 13.2 Å². The lowest BCUT2D eigenvalue weighted by Gasteiger charge is -2.29. The number of hydrogen-bond acceptors (Lipinski definition) is 4. The van der Waals surface area contributed by atoms with Crippen LogP contribution in [-0.2, 0) is 19.0 Å². The second-order valence-corrected chi connectivity index (χ2v) is 3.20. The van der Waals surface area contributed by atoms with Gasteiger partial charge in [0.25, 0.3) is 0 Å². The van der Waals surface area contributed by atoms with Crippen molar-refractivity contribution < 1.29 is 19.0 Å². The van der Waals surface area contributed by atoms with Crippen molar-refractivity contribution in [1.82, 2.24) is 0 Å². The molecule has 2 atom stereocenters. The molecule has 0 amide bonds. The number of esters is 1. The lowest BCUT2D eigenvalue weighted by atomic mass is 10.00. The third-order valence-electron chi connectivity index (χ3n) is 2.71. The molecule has 4 heteroatoms. The molecule has 1 fully saturated rings. The maximum Gasteiger partial charge on any atom is 0.340 e. The van der Waals surface area contributed by atoms with Gasteiger partial charge in [-0.1, -0.05) is 0 Å². The van der Waals surface area contributed by atoms with Gasteiger partial charge in [-0.3, -0.25) is 0 Å². The van der Waals surface area contributed by atoms with Crippen molar-refractivity contribution in [3.8, 4) is 0 Å². The van der Waals surface area contributed by atoms with Crippen molar-refractivity contribution in [3.05, 3.63) is 0 Å². The fraction of sp³-hybridized carbons (Fsp3) is 0.889. The quantitative estimate of drug-likeness (QED) is 0.613. The second kappa shape index (κ2) is 4.07. The number of carbonyl (C=O) groups is 1. The fourth-order valence-corrected chi connectivity index (χ4v) is 1.98. The molecule has 13 heavy (non-hydrogen) atoms. The van der Waals surface area contributed by atoms with E-state index in [0.717, 1.165) is 12.8 Å². The highest BCUT2D eigenvalue weighted by molar-refractivity contribution is 5.80. The molecule has 0 N–H and O–H groups in total. The molecule has 0 radical (unpaired) electrons. The molecule has 1 rings (SSSR count). The highest BCUT2D eigenvalue weighted by Gasteiger charge is 2.51. The van der Waals surface area contributed by atoms with Crippen molar-refractivity contribution >= 4 is 5.97 Å². The van der Waals surface area contributed by atoms with Crippen LogP contribution in [0, 0.1) is 0 Å². The molecule has 1 aliphatic rings. The van der Waals surface area contributed by atoms with E-state index >= 15 is 0 Å². The van der Waals surface area contributed by atoms with Crippen LogP contribution in [0.15, 0.2) is 0 Å². The normalized spacial score (nSPS) is 33.3. The highest BCUT2D eigenvalue weighted by Crippen LogP contribution is 2.35. The Hall–Kier alpha value is -0.610. The lowest BCUT2D eigenvalue weighted by Crippen LogP contribution is -2.48. The van der Waals surface area contributed by atoms with Gasteiger partial charge in [0.15, 0.2) is 5.60 Å². The number of hydrogen-bond donors (Lipinski definition) is 0. The monoisotopic (exact) mass is 188 g/mol. The highest BCUT2D eigenvalue weighted by atomic mass is 16.6. The van der Waals surface area contributed by atoms with Crippen LogP contribution in [0.3, 0.4) is 0 Å². The topological polar surface area (TPSA) is 44.8 Å². The standard InChI is InChI=1S/C9H16O4/c1-11-7-5-4-6-9(7,13-3)8(10)12-2/h7H,4-6H2,1-3H3/t7-,9-/m0/s1. The predicted molar refractivity (Wildman–Crippen MR) is 46.4 cm³/mol. The van der Waals surface area contributed by atoms with Gasteiger partial charge < -0.3 is 14.2 Å². The van der Waals surface area contributed by atoms with Crippen LogP contribution in [-0.4, -0.2) is 39.0 Å². The van der Waals surface area contributed by atoms with Crippen LogP contribution < -0.4 is 0 Å². The molecule has 76 valence electrons. The van der Waals surface area contributed by atoms with Gasteiger partial charge in [0.2, 0.25) is 0 Å². The van der Waals surface area contributed by atoms with Crippen molar-refractivity contribution in [3.63, 3.8) is 0 Å². The Kier molecular flexibility index (Phi) is 3.27. The molecule has 1 saturated carbocycles. The summed E-state index contributed by atoms with van der Waals surface area (Å²) in [6.45, 7) is 0. The summed E-state index contributed by atoms with van der Waals surface area (Å²) in [5.74, 6) is -0.334. The van der Waals surface area contributed by atoms with Crippen LogP contribution >= 0.6 is 0 Å². The van der Waals surface area contributed by atoms with Gasteiger partial charge in [0.1, 0.15) is 0 Å². The molecule has 0 spiro atoms. The fourth-order valence-electron chi connectivity index (χ4n) is 1.98. The third-order valence-corrected chi connectivity index (χ3v) is 2.71. The van der Waals surface area contributed by atoms with Crippen LogP contribution in [0.2, 0.25) is 0 Å². The molecule has 0 aromatic carbocycles. The van der Waals surface area contributed by atoms with Gasteiger partial charge in [-0.05, 0) is 19.3 Å². The molecule has 0 aliphatic heterocycles. The maximum absolute atomic E-state index is 11.5. The van der Waals surface area contributed by atoms with E-state index in [2.05, 4.69) is 0 Å². The minimum atomic E-state index is -0.872. The zero-order chi connectivity index (χ0) is 9.90. The van der Waals surface area contributed by atoms with Crippen LogP contribution in [0.4, 0.5) is 0 Å². The number of ether oxygens (including phenoxy) is 3. The van der Waals surface area contributed by atoms with Gasteiger partial charge in [-0.25, -0.2) is 4.79 Å². The Morgan fingerprint density at radius 2 is 2.08 bits per heavy atom. The molecule has 1 aliphatic carbocycles. The summed E-state index contributed by atoms with van der Waals surface area (Å²) in [6.07, 6.45) is 2.28. The number of methoxy groups -OCH3 is 3. The third kappa shape index (κ3) is 1.56. The first-order valence-corrected chi connectivity index (χ1v) is 4.37. The van der Waals surface area contributed by atoms with E-state index in [1.165, 1.54) is 14.2 Å². The Balaban J connectivity index is 2.83. The largest absolute Gasteiger partial charge is 0.467 e. The van der Waals surface area contributed by atoms with Crippen molar-refractivity contribution in [2.24, 2.45) is 0 Å². The molecule has 0 saturated heterocycles. The van der Waals surface area contributed by atoms with Crippen molar-refractivity contribution in [1.29, 1.82) is 0 Å². The molecule has 0 heterocycles. The average Bonchev–Trinajstić information content (AvgIpc) is 2.60. The zero-order valence-corrected chi connectivity index (χ0v) is 8.33. The van der Waals surface area contributed by atoms with E-state index in [1.807, 2.05) is 0 Å². The first kappa shape index (κ1) is 10.5. The minimum Gasteiger partial charge on any atom is -0.467 e. The van der Waals surface area contributed by atoms with Crippen molar-refractivity contribution in [2.45, 2.75) is 31.0 Å². The SMILES string of the molecule is COC(=O)[C@]1(OC)CCC[C@@H]1OC. The predicted octanol–water partition coefficient (Wildman–Crippen LogP) is 0.743. The summed E-state index contributed by atoms with van der Waals surface area (Å²) in [7, 11) is 4.48. The van der Waals surface area contributed by atoms with E-state index in [9.17, 15) is 4.79 Å². The van der Waals surface area contributed by atoms with Crippen LogP contribution in [0.1, 0.15) is 19.3 Å². The van der Waals surface area contributed by atoms with E-state index in [1.54, 1.807) is 7.11 Å². The van der Waals surface area contributed by atoms with Crippen molar-refractivity contribution in [2.75, 3.05) is 21.3 Å². The Morgan fingerprint density at radius 1 is 1.38 bits per heavy atom. The average molecular weight is 188 g/mol. The molecule has 4 nitrogen and oxygen atoms in total. The summed E-state index contributed by atoms with van der Waals surface area (Å²) in [5, 5.41) is 0. The zero-order valence-electron chi connectivity index (χ0n) is 8.33. The van der Waals surface area contributed by atoms with Crippen LogP contribution in [0.5, 0.6) is 0 Å². The summed E-state index contributed by atoms with van der Waals surface area (Å²) in [5.41, 5.74) is -0.872. The van der Waals surface area contributed by atoms with E-state index < -0.39 is 5.60 Å².